The summed E-state index contributed by atoms with van der Waals surface area (Å²) in [4.78, 5) is 0. The van der Waals surface area contributed by atoms with Gasteiger partial charge in [-0.15, -0.1) is 0 Å². The molecule has 1 nitrogen and oxygen atoms in total. The largest absolute Gasteiger partial charge is 0.323 e. The van der Waals surface area contributed by atoms with E-state index in [9.17, 15) is 8.78 Å². The topological polar surface area (TPSA) is 26.0 Å². The van der Waals surface area contributed by atoms with Gasteiger partial charge in [0.15, 0.2) is 0 Å². The van der Waals surface area contributed by atoms with Crippen LogP contribution in [0.5, 0.6) is 0 Å². The first-order chi connectivity index (χ1) is 4.54. The van der Waals surface area contributed by atoms with Gasteiger partial charge in [0, 0.05) is 0 Å². The first-order valence-corrected chi connectivity index (χ1v) is 3.57. The molecule has 0 aliphatic rings. The molecule has 0 fully saturated rings. The molecule has 1 unspecified atom stereocenters. The molecular formula is C7H15F2N. The van der Waals surface area contributed by atoms with Crippen LogP contribution < -0.4 is 5.73 Å². The number of nitrogens with two attached hydrogens (primary N) is 1. The van der Waals surface area contributed by atoms with Crippen molar-refractivity contribution in [2.75, 3.05) is 0 Å². The summed E-state index contributed by atoms with van der Waals surface area (Å²) in [5.74, 6) is 0.463. The molecule has 10 heavy (non-hydrogen) atoms. The summed E-state index contributed by atoms with van der Waals surface area (Å²) in [6.45, 7) is 4.00. The summed E-state index contributed by atoms with van der Waals surface area (Å²) in [6, 6.07) is -0.928. The quantitative estimate of drug-likeness (QED) is 0.653. The lowest BCUT2D eigenvalue weighted by Gasteiger charge is -2.10. The van der Waals surface area contributed by atoms with Crippen LogP contribution in [0.4, 0.5) is 8.78 Å². The van der Waals surface area contributed by atoms with Gasteiger partial charge in [0.05, 0.1) is 6.04 Å². The zero-order valence-corrected chi connectivity index (χ0v) is 6.48. The summed E-state index contributed by atoms with van der Waals surface area (Å²) < 4.78 is 23.5. The number of alkyl halides is 2. The van der Waals surface area contributed by atoms with E-state index in [1.54, 1.807) is 0 Å². The van der Waals surface area contributed by atoms with E-state index in [0.717, 1.165) is 6.42 Å². The van der Waals surface area contributed by atoms with Crippen LogP contribution in [-0.4, -0.2) is 12.5 Å². The van der Waals surface area contributed by atoms with Crippen molar-refractivity contribution in [3.63, 3.8) is 0 Å². The third-order valence-electron chi connectivity index (χ3n) is 1.40. The lowest BCUT2D eigenvalue weighted by Crippen LogP contribution is -2.28. The van der Waals surface area contributed by atoms with Crippen LogP contribution >= 0.6 is 0 Å². The maximum absolute atomic E-state index is 11.8. The zero-order valence-electron chi connectivity index (χ0n) is 6.48. The van der Waals surface area contributed by atoms with Crippen LogP contribution in [0.3, 0.4) is 0 Å². The molecule has 0 aromatic carbocycles. The molecule has 0 spiro atoms. The Morgan fingerprint density at radius 3 is 2.00 bits per heavy atom. The molecule has 0 rings (SSSR count). The van der Waals surface area contributed by atoms with Gasteiger partial charge in [0.25, 0.3) is 6.43 Å². The summed E-state index contributed by atoms with van der Waals surface area (Å²) in [5, 5.41) is 0. The van der Waals surface area contributed by atoms with Crippen molar-refractivity contribution in [2.24, 2.45) is 11.7 Å². The summed E-state index contributed by atoms with van der Waals surface area (Å²) >= 11 is 0. The smallest absolute Gasteiger partial charge is 0.253 e. The molecule has 0 aliphatic heterocycles. The van der Waals surface area contributed by atoms with Gasteiger partial charge < -0.3 is 5.73 Å². The zero-order chi connectivity index (χ0) is 8.15. The van der Waals surface area contributed by atoms with E-state index in [-0.39, 0.29) is 0 Å². The SMILES string of the molecule is CC(C)CCC(N)C(F)F. The Balaban J connectivity index is 3.30. The first kappa shape index (κ1) is 9.82. The molecule has 3 heteroatoms. The highest BCUT2D eigenvalue weighted by Crippen LogP contribution is 2.09. The molecule has 2 N–H and O–H groups in total. The van der Waals surface area contributed by atoms with Crippen LogP contribution in [0.1, 0.15) is 26.7 Å². The van der Waals surface area contributed by atoms with E-state index in [0.29, 0.717) is 12.3 Å². The van der Waals surface area contributed by atoms with Crippen molar-refractivity contribution in [1.82, 2.24) is 0 Å². The monoisotopic (exact) mass is 151 g/mol. The van der Waals surface area contributed by atoms with Gasteiger partial charge in [-0.2, -0.15) is 0 Å². The summed E-state index contributed by atoms with van der Waals surface area (Å²) in [6.07, 6.45) is -1.15. The third kappa shape index (κ3) is 4.68. The molecule has 0 aromatic rings. The Kier molecular flexibility index (Phi) is 4.52. The standard InChI is InChI=1S/C7H15F2N/c1-5(2)3-4-6(10)7(8)9/h5-7H,3-4,10H2,1-2H3. The van der Waals surface area contributed by atoms with Crippen LogP contribution in [0, 0.1) is 5.92 Å². The lowest BCUT2D eigenvalue weighted by atomic mass is 10.0. The second-order valence-corrected chi connectivity index (χ2v) is 2.97. The summed E-state index contributed by atoms with van der Waals surface area (Å²) in [5.41, 5.74) is 5.11. The van der Waals surface area contributed by atoms with Crippen molar-refractivity contribution >= 4 is 0 Å². The highest BCUT2D eigenvalue weighted by molar-refractivity contribution is 4.63. The van der Waals surface area contributed by atoms with Crippen molar-refractivity contribution in [3.8, 4) is 0 Å². The molecule has 0 amide bonds. The average Bonchev–Trinajstić information content (AvgIpc) is 1.82. The van der Waals surface area contributed by atoms with Gasteiger partial charge >= 0.3 is 0 Å². The minimum absolute atomic E-state index is 0.426. The minimum atomic E-state index is -2.36. The van der Waals surface area contributed by atoms with Gasteiger partial charge in [0.2, 0.25) is 0 Å². The second kappa shape index (κ2) is 4.61. The van der Waals surface area contributed by atoms with Gasteiger partial charge in [-0.05, 0) is 18.8 Å². The van der Waals surface area contributed by atoms with Gasteiger partial charge in [0.1, 0.15) is 0 Å². The number of hydrogen-bond acceptors (Lipinski definition) is 1. The van der Waals surface area contributed by atoms with Crippen LogP contribution in [0.15, 0.2) is 0 Å². The fraction of sp³-hybridized carbons (Fsp3) is 1.00. The fourth-order valence-corrected chi connectivity index (χ4v) is 0.652. The van der Waals surface area contributed by atoms with Crippen LogP contribution in [-0.2, 0) is 0 Å². The predicted octanol–water partition coefficient (Wildman–Crippen LogP) is 2.01. The van der Waals surface area contributed by atoms with Crippen molar-refractivity contribution in [3.05, 3.63) is 0 Å². The maximum atomic E-state index is 11.8. The molecular weight excluding hydrogens is 136 g/mol. The Hall–Kier alpha value is -0.180. The molecule has 0 heterocycles. The molecule has 0 saturated carbocycles. The number of rotatable bonds is 4. The Morgan fingerprint density at radius 1 is 1.20 bits per heavy atom. The molecule has 62 valence electrons. The van der Waals surface area contributed by atoms with E-state index in [1.807, 2.05) is 13.8 Å². The van der Waals surface area contributed by atoms with E-state index >= 15 is 0 Å². The second-order valence-electron chi connectivity index (χ2n) is 2.97. The Morgan fingerprint density at radius 2 is 1.70 bits per heavy atom. The molecule has 1 atom stereocenters. The third-order valence-corrected chi connectivity index (χ3v) is 1.40. The fourth-order valence-electron chi connectivity index (χ4n) is 0.652. The van der Waals surface area contributed by atoms with Crippen molar-refractivity contribution in [1.29, 1.82) is 0 Å². The van der Waals surface area contributed by atoms with Gasteiger partial charge in [-0.25, -0.2) is 8.78 Å². The Labute approximate surface area is 60.6 Å². The lowest BCUT2D eigenvalue weighted by molar-refractivity contribution is 0.109. The van der Waals surface area contributed by atoms with Crippen LogP contribution in [0.2, 0.25) is 0 Å². The number of halogens is 2. The van der Waals surface area contributed by atoms with E-state index in [2.05, 4.69) is 0 Å². The van der Waals surface area contributed by atoms with E-state index < -0.39 is 12.5 Å². The first-order valence-electron chi connectivity index (χ1n) is 3.57. The number of hydrogen-bond donors (Lipinski definition) is 1. The average molecular weight is 151 g/mol. The molecule has 0 saturated heterocycles. The molecule has 0 aliphatic carbocycles. The molecule has 0 bridgehead atoms. The molecule has 0 radical (unpaired) electrons. The van der Waals surface area contributed by atoms with Crippen molar-refractivity contribution in [2.45, 2.75) is 39.2 Å². The molecule has 0 aromatic heterocycles. The minimum Gasteiger partial charge on any atom is -0.323 e. The van der Waals surface area contributed by atoms with Crippen molar-refractivity contribution < 1.29 is 8.78 Å². The van der Waals surface area contributed by atoms with Gasteiger partial charge in [-0.1, -0.05) is 13.8 Å². The van der Waals surface area contributed by atoms with E-state index in [4.69, 9.17) is 5.73 Å². The maximum Gasteiger partial charge on any atom is 0.253 e. The normalized spacial score (nSPS) is 14.7. The highest BCUT2D eigenvalue weighted by Gasteiger charge is 2.14. The van der Waals surface area contributed by atoms with E-state index in [1.165, 1.54) is 0 Å². The Bertz CT molecular complexity index is 83.7. The van der Waals surface area contributed by atoms with Crippen LogP contribution in [0.25, 0.3) is 0 Å². The predicted molar refractivity (Wildman–Crippen MR) is 38.1 cm³/mol. The van der Waals surface area contributed by atoms with Gasteiger partial charge in [-0.3, -0.25) is 0 Å². The summed E-state index contributed by atoms with van der Waals surface area (Å²) in [7, 11) is 0. The highest BCUT2D eigenvalue weighted by atomic mass is 19.3.